The third kappa shape index (κ3) is 1.97. The van der Waals surface area contributed by atoms with E-state index in [4.69, 9.17) is 15.8 Å². The third-order valence-electron chi connectivity index (χ3n) is 2.49. The molecule has 1 aliphatic rings. The lowest BCUT2D eigenvalue weighted by Crippen LogP contribution is -2.32. The van der Waals surface area contributed by atoms with Gasteiger partial charge in [-0.3, -0.25) is 4.68 Å². The van der Waals surface area contributed by atoms with Gasteiger partial charge in [0, 0.05) is 12.4 Å². The van der Waals surface area contributed by atoms with Crippen molar-refractivity contribution in [1.29, 1.82) is 0 Å². The Morgan fingerprint density at radius 2 is 2.08 bits per heavy atom. The summed E-state index contributed by atoms with van der Waals surface area (Å²) >= 11 is 0. The summed E-state index contributed by atoms with van der Waals surface area (Å²) in [5, 5.41) is 4.20. The van der Waals surface area contributed by atoms with Gasteiger partial charge in [-0.2, -0.15) is 5.10 Å². The first-order valence-electron chi connectivity index (χ1n) is 4.55. The first-order chi connectivity index (χ1) is 6.25. The Morgan fingerprint density at radius 3 is 2.62 bits per heavy atom. The maximum absolute atomic E-state index is 5.66. The molecule has 0 amide bonds. The summed E-state index contributed by atoms with van der Waals surface area (Å²) in [5.74, 6) is 0. The molecular formula is C8H11B2N3. The summed E-state index contributed by atoms with van der Waals surface area (Å²) in [7, 11) is 11.3. The molecule has 0 atom stereocenters. The second-order valence-electron chi connectivity index (χ2n) is 3.52. The van der Waals surface area contributed by atoms with Gasteiger partial charge in [0.15, 0.2) is 7.98 Å². The fraction of sp³-hybridized carbons (Fsp3) is 0.625. The highest BCUT2D eigenvalue weighted by Crippen LogP contribution is 2.19. The van der Waals surface area contributed by atoms with Gasteiger partial charge in [-0.05, 0) is 25.9 Å². The maximum Gasteiger partial charge on any atom is 0.182 e. The Morgan fingerprint density at radius 1 is 1.38 bits per heavy atom. The average molecular weight is 171 g/mol. The number of nitrogens with zero attached hydrogens (tertiary/aromatic N) is 3. The van der Waals surface area contributed by atoms with Crippen molar-refractivity contribution in [2.45, 2.75) is 18.9 Å². The highest BCUT2D eigenvalue weighted by Gasteiger charge is 2.17. The molecule has 2 rings (SSSR count). The molecule has 64 valence electrons. The van der Waals surface area contributed by atoms with Crippen LogP contribution in [-0.4, -0.2) is 43.5 Å². The van der Waals surface area contributed by atoms with E-state index in [0.29, 0.717) is 6.04 Å². The van der Waals surface area contributed by atoms with Crippen LogP contribution < -0.4 is 5.46 Å². The van der Waals surface area contributed by atoms with Crippen LogP contribution in [0.4, 0.5) is 0 Å². The van der Waals surface area contributed by atoms with Crippen LogP contribution in [0.25, 0.3) is 0 Å². The predicted molar refractivity (Wildman–Crippen MR) is 53.2 cm³/mol. The van der Waals surface area contributed by atoms with Gasteiger partial charge in [-0.25, -0.2) is 0 Å². The topological polar surface area (TPSA) is 21.1 Å². The van der Waals surface area contributed by atoms with E-state index in [2.05, 4.69) is 5.10 Å². The summed E-state index contributed by atoms with van der Waals surface area (Å²) < 4.78 is 1.95. The fourth-order valence-electron chi connectivity index (χ4n) is 1.70. The van der Waals surface area contributed by atoms with Gasteiger partial charge in [0.1, 0.15) is 7.85 Å². The second kappa shape index (κ2) is 3.58. The summed E-state index contributed by atoms with van der Waals surface area (Å²) in [6.07, 6.45) is 5.68. The number of piperidine rings is 1. The molecule has 0 aromatic carbocycles. The molecule has 0 spiro atoms. The van der Waals surface area contributed by atoms with Crippen LogP contribution in [0, 0.1) is 0 Å². The molecule has 1 aromatic rings. The van der Waals surface area contributed by atoms with Crippen LogP contribution in [0.3, 0.4) is 0 Å². The molecule has 1 aliphatic heterocycles. The van der Waals surface area contributed by atoms with Crippen molar-refractivity contribution in [1.82, 2.24) is 14.6 Å². The number of aromatic nitrogens is 2. The van der Waals surface area contributed by atoms with Crippen molar-refractivity contribution in [2.75, 3.05) is 13.1 Å². The molecule has 1 aromatic heterocycles. The SMILES string of the molecule is [B]c1cnn(C2CCN([B])CC2)c1. The standard InChI is InChI=1S/C8H11B2N3/c9-7-5-11-13(6-7)8-1-3-12(10)4-2-8/h5-6,8H,1-4H2. The molecule has 0 aliphatic carbocycles. The van der Waals surface area contributed by atoms with E-state index in [-0.39, 0.29) is 0 Å². The number of hydrogen-bond donors (Lipinski definition) is 0. The minimum Gasteiger partial charge on any atom is -0.353 e. The summed E-state index contributed by atoms with van der Waals surface area (Å²) in [4.78, 5) is 1.85. The molecular weight excluding hydrogens is 160 g/mol. The normalized spacial score (nSPS) is 20.6. The molecule has 4 radical (unpaired) electrons. The summed E-state index contributed by atoms with van der Waals surface area (Å²) in [5.41, 5.74) is 0.732. The molecule has 5 heteroatoms. The second-order valence-corrected chi connectivity index (χ2v) is 3.52. The zero-order valence-corrected chi connectivity index (χ0v) is 7.56. The van der Waals surface area contributed by atoms with E-state index < -0.39 is 0 Å². The zero-order valence-electron chi connectivity index (χ0n) is 7.56. The van der Waals surface area contributed by atoms with Crippen molar-refractivity contribution >= 4 is 21.3 Å². The van der Waals surface area contributed by atoms with Crippen molar-refractivity contribution in [3.05, 3.63) is 12.4 Å². The van der Waals surface area contributed by atoms with Gasteiger partial charge in [0.25, 0.3) is 0 Å². The van der Waals surface area contributed by atoms with Gasteiger partial charge < -0.3 is 4.81 Å². The predicted octanol–water partition coefficient (Wildman–Crippen LogP) is -0.603. The Kier molecular flexibility index (Phi) is 2.44. The molecule has 2 heterocycles. The zero-order chi connectivity index (χ0) is 9.26. The van der Waals surface area contributed by atoms with Gasteiger partial charge in [-0.1, -0.05) is 5.46 Å². The Labute approximate surface area is 80.9 Å². The first kappa shape index (κ1) is 8.88. The van der Waals surface area contributed by atoms with E-state index in [0.717, 1.165) is 31.4 Å². The molecule has 0 saturated carbocycles. The van der Waals surface area contributed by atoms with Crippen molar-refractivity contribution in [3.63, 3.8) is 0 Å². The quantitative estimate of drug-likeness (QED) is 0.525. The fourth-order valence-corrected chi connectivity index (χ4v) is 1.70. The van der Waals surface area contributed by atoms with E-state index in [1.54, 1.807) is 6.20 Å². The Hall–Kier alpha value is -0.700. The van der Waals surface area contributed by atoms with Gasteiger partial charge in [0.2, 0.25) is 0 Å². The average Bonchev–Trinajstić information content (AvgIpc) is 2.53. The lowest BCUT2D eigenvalue weighted by molar-refractivity contribution is 0.268. The number of rotatable bonds is 1. The Bertz CT molecular complexity index is 279. The summed E-state index contributed by atoms with van der Waals surface area (Å²) in [6, 6.07) is 0.470. The van der Waals surface area contributed by atoms with E-state index in [1.165, 1.54) is 0 Å². The molecule has 0 N–H and O–H groups in total. The third-order valence-corrected chi connectivity index (χ3v) is 2.49. The summed E-state index contributed by atoms with van der Waals surface area (Å²) in [6.45, 7) is 1.87. The molecule has 1 fully saturated rings. The molecule has 1 saturated heterocycles. The monoisotopic (exact) mass is 171 g/mol. The van der Waals surface area contributed by atoms with Crippen LogP contribution in [-0.2, 0) is 0 Å². The van der Waals surface area contributed by atoms with Crippen LogP contribution in [0.15, 0.2) is 12.4 Å². The molecule has 0 bridgehead atoms. The number of hydrogen-bond acceptors (Lipinski definition) is 2. The highest BCUT2D eigenvalue weighted by atomic mass is 15.3. The van der Waals surface area contributed by atoms with Crippen molar-refractivity contribution in [2.24, 2.45) is 0 Å². The Balaban J connectivity index is 2.02. The smallest absolute Gasteiger partial charge is 0.182 e. The van der Waals surface area contributed by atoms with E-state index in [9.17, 15) is 0 Å². The van der Waals surface area contributed by atoms with Gasteiger partial charge in [0.05, 0.1) is 6.04 Å². The van der Waals surface area contributed by atoms with Gasteiger partial charge in [-0.15, -0.1) is 0 Å². The van der Waals surface area contributed by atoms with Crippen LogP contribution in [0.1, 0.15) is 18.9 Å². The molecule has 13 heavy (non-hydrogen) atoms. The maximum atomic E-state index is 5.66. The van der Waals surface area contributed by atoms with Crippen LogP contribution in [0.5, 0.6) is 0 Å². The van der Waals surface area contributed by atoms with Crippen molar-refractivity contribution < 1.29 is 0 Å². The minimum absolute atomic E-state index is 0.470. The van der Waals surface area contributed by atoms with Gasteiger partial charge >= 0.3 is 0 Å². The molecule has 3 nitrogen and oxygen atoms in total. The highest BCUT2D eigenvalue weighted by molar-refractivity contribution is 6.31. The van der Waals surface area contributed by atoms with Crippen molar-refractivity contribution in [3.8, 4) is 0 Å². The minimum atomic E-state index is 0.470. The lowest BCUT2D eigenvalue weighted by Gasteiger charge is -2.29. The molecule has 0 unspecified atom stereocenters. The van der Waals surface area contributed by atoms with E-state index in [1.807, 2.05) is 15.7 Å². The lowest BCUT2D eigenvalue weighted by atomic mass is 10.0. The van der Waals surface area contributed by atoms with E-state index >= 15 is 0 Å². The van der Waals surface area contributed by atoms with Crippen LogP contribution in [0.2, 0.25) is 0 Å². The largest absolute Gasteiger partial charge is 0.353 e. The first-order valence-corrected chi connectivity index (χ1v) is 4.55. The van der Waals surface area contributed by atoms with Crippen LogP contribution >= 0.6 is 0 Å².